The molecule has 1 heterocycles. The number of nitrogens with zero attached hydrogens (tertiary/aromatic N) is 5. The number of hydrogen-bond acceptors (Lipinski definition) is 5. The number of hydrogen-bond donors (Lipinski definition) is 0. The number of thiazole rings is 1. The van der Waals surface area contributed by atoms with E-state index in [0.717, 1.165) is 17.8 Å². The summed E-state index contributed by atoms with van der Waals surface area (Å²) >= 11 is 1.58. The van der Waals surface area contributed by atoms with Crippen LogP contribution in [0.1, 0.15) is 50.1 Å². The van der Waals surface area contributed by atoms with E-state index in [1.54, 1.807) is 29.5 Å². The number of aliphatic imine (C=N–C) groups is 1. The molecule has 0 unspecified atom stereocenters. The van der Waals surface area contributed by atoms with Crippen molar-refractivity contribution in [3.63, 3.8) is 0 Å². The zero-order valence-corrected chi connectivity index (χ0v) is 17.1. The Kier molecular flexibility index (Phi) is 6.55. The lowest BCUT2D eigenvalue weighted by atomic mass is 9.95. The molecule has 1 aromatic heterocycles. The van der Waals surface area contributed by atoms with Crippen molar-refractivity contribution in [2.24, 2.45) is 9.98 Å². The molecule has 0 aliphatic heterocycles. The lowest BCUT2D eigenvalue weighted by Crippen LogP contribution is -2.17. The Hall–Kier alpha value is -2.90. The zero-order valence-electron chi connectivity index (χ0n) is 16.3. The van der Waals surface area contributed by atoms with Crippen LogP contribution in [0.4, 0.5) is 0 Å². The minimum Gasteiger partial charge on any atom is -0.496 e. The first kappa shape index (κ1) is 20.4. The quantitative estimate of drug-likeness (QED) is 0.456. The van der Waals surface area contributed by atoms with Crippen molar-refractivity contribution in [2.45, 2.75) is 46.1 Å². The largest absolute Gasteiger partial charge is 0.496 e. The van der Waals surface area contributed by atoms with Gasteiger partial charge in [0.1, 0.15) is 5.75 Å². The van der Waals surface area contributed by atoms with Crippen molar-refractivity contribution < 1.29 is 4.74 Å². The van der Waals surface area contributed by atoms with Crippen LogP contribution in [0.5, 0.6) is 5.75 Å². The van der Waals surface area contributed by atoms with E-state index in [4.69, 9.17) is 10.00 Å². The van der Waals surface area contributed by atoms with E-state index >= 15 is 0 Å². The highest BCUT2D eigenvalue weighted by Gasteiger charge is 2.18. The highest BCUT2D eigenvalue weighted by atomic mass is 32.1. The molecule has 0 saturated heterocycles. The second-order valence-corrected chi connectivity index (χ2v) is 8.00. The Balaban J connectivity index is 2.71. The Morgan fingerprint density at radius 3 is 2.59 bits per heavy atom. The lowest BCUT2D eigenvalue weighted by molar-refractivity contribution is 0.414. The van der Waals surface area contributed by atoms with Gasteiger partial charge in [-0.15, -0.1) is 11.3 Å². The van der Waals surface area contributed by atoms with E-state index in [0.29, 0.717) is 16.9 Å². The molecule has 0 saturated carbocycles. The molecule has 2 rings (SSSR count). The van der Waals surface area contributed by atoms with Crippen molar-refractivity contribution in [3.05, 3.63) is 45.2 Å². The van der Waals surface area contributed by atoms with Crippen molar-refractivity contribution in [1.29, 1.82) is 10.5 Å². The summed E-state index contributed by atoms with van der Waals surface area (Å²) < 4.78 is 7.47. The summed E-state index contributed by atoms with van der Waals surface area (Å²) in [7, 11) is 1.54. The van der Waals surface area contributed by atoms with E-state index in [2.05, 4.69) is 54.5 Å². The van der Waals surface area contributed by atoms with Crippen LogP contribution >= 0.6 is 11.3 Å². The van der Waals surface area contributed by atoms with Gasteiger partial charge in [-0.25, -0.2) is 0 Å². The van der Waals surface area contributed by atoms with Gasteiger partial charge >= 0.3 is 0 Å². The maximum absolute atomic E-state index is 9.21. The molecule has 0 bridgehead atoms. The summed E-state index contributed by atoms with van der Waals surface area (Å²) in [4.78, 5) is 10.5. The van der Waals surface area contributed by atoms with Crippen molar-refractivity contribution >= 4 is 17.2 Å². The number of aromatic nitrogens is 1. The number of methoxy groups -OCH3 is 1. The maximum Gasteiger partial charge on any atom is 0.207 e. The second-order valence-electron chi connectivity index (χ2n) is 7.00. The van der Waals surface area contributed by atoms with E-state index in [9.17, 15) is 5.26 Å². The number of nitriles is 2. The van der Waals surface area contributed by atoms with Crippen LogP contribution in [-0.4, -0.2) is 17.5 Å². The molecule has 140 valence electrons. The van der Waals surface area contributed by atoms with Crippen LogP contribution in [0.25, 0.3) is 0 Å². The Morgan fingerprint density at radius 1 is 1.30 bits per heavy atom. The van der Waals surface area contributed by atoms with Crippen LogP contribution in [0.3, 0.4) is 0 Å². The zero-order chi connectivity index (χ0) is 20.0. The second kappa shape index (κ2) is 8.66. The molecule has 0 amide bonds. The van der Waals surface area contributed by atoms with Gasteiger partial charge in [-0.05, 0) is 30.0 Å². The predicted molar refractivity (Wildman–Crippen MR) is 107 cm³/mol. The van der Waals surface area contributed by atoms with Gasteiger partial charge in [0, 0.05) is 17.6 Å². The van der Waals surface area contributed by atoms with Gasteiger partial charge in [0.15, 0.2) is 10.6 Å². The van der Waals surface area contributed by atoms with Crippen LogP contribution in [0.15, 0.2) is 34.4 Å². The molecule has 0 fully saturated rings. The lowest BCUT2D eigenvalue weighted by Gasteiger charge is -2.14. The molecule has 27 heavy (non-hydrogen) atoms. The van der Waals surface area contributed by atoms with Gasteiger partial charge in [0.05, 0.1) is 24.3 Å². The first-order chi connectivity index (χ1) is 12.8. The molecule has 0 spiro atoms. The average Bonchev–Trinajstić information content (AvgIpc) is 3.04. The molecule has 1 aromatic carbocycles. The summed E-state index contributed by atoms with van der Waals surface area (Å²) in [5.74, 6) is 0.750. The molecule has 0 atom stereocenters. The van der Waals surface area contributed by atoms with E-state index in [1.165, 1.54) is 12.0 Å². The highest BCUT2D eigenvalue weighted by Crippen LogP contribution is 2.25. The smallest absolute Gasteiger partial charge is 0.207 e. The fraction of sp³-hybridized carbons (Fsp3) is 0.400. The van der Waals surface area contributed by atoms with E-state index < -0.39 is 0 Å². The molecular formula is C20H23N5OS. The molecule has 6 nitrogen and oxygen atoms in total. The van der Waals surface area contributed by atoms with Crippen molar-refractivity contribution in [3.8, 4) is 18.0 Å². The maximum atomic E-state index is 9.21. The molecule has 2 aromatic rings. The van der Waals surface area contributed by atoms with Gasteiger partial charge in [-0.2, -0.15) is 20.5 Å². The Labute approximate surface area is 163 Å². The molecule has 0 aliphatic carbocycles. The summed E-state index contributed by atoms with van der Waals surface area (Å²) in [5, 5.41) is 18.4. The van der Waals surface area contributed by atoms with E-state index in [1.807, 2.05) is 6.19 Å². The van der Waals surface area contributed by atoms with Gasteiger partial charge in [-0.1, -0.05) is 27.7 Å². The summed E-state index contributed by atoms with van der Waals surface area (Å²) in [6.45, 7) is 9.39. The normalized spacial score (nSPS) is 12.6. The van der Waals surface area contributed by atoms with Gasteiger partial charge < -0.3 is 9.30 Å². The first-order valence-electron chi connectivity index (χ1n) is 8.64. The van der Waals surface area contributed by atoms with Crippen LogP contribution in [0, 0.1) is 22.8 Å². The van der Waals surface area contributed by atoms with Gasteiger partial charge in [-0.3, -0.25) is 0 Å². The summed E-state index contributed by atoms with van der Waals surface area (Å²) in [5.41, 5.74) is 0.972. The minimum absolute atomic E-state index is 0.00111. The number of rotatable bonds is 4. The highest BCUT2D eigenvalue weighted by molar-refractivity contribution is 7.09. The summed E-state index contributed by atoms with van der Waals surface area (Å²) in [6.07, 6.45) is 4.89. The summed E-state index contributed by atoms with van der Waals surface area (Å²) in [6, 6.07) is 7.08. The molecule has 0 N–H and O–H groups in total. The number of benzene rings is 1. The van der Waals surface area contributed by atoms with Gasteiger partial charge in [0.25, 0.3) is 0 Å². The third-order valence-electron chi connectivity index (χ3n) is 3.85. The molecule has 0 aliphatic rings. The third-order valence-corrected chi connectivity index (χ3v) is 5.30. The average molecular weight is 382 g/mol. The van der Waals surface area contributed by atoms with Crippen LogP contribution in [0.2, 0.25) is 0 Å². The molecule has 7 heteroatoms. The predicted octanol–water partition coefficient (Wildman–Crippen LogP) is 3.97. The number of aryl methyl sites for hydroxylation is 1. The van der Waals surface area contributed by atoms with Crippen molar-refractivity contribution in [1.82, 2.24) is 4.57 Å². The van der Waals surface area contributed by atoms with Gasteiger partial charge in [0.2, 0.25) is 6.19 Å². The van der Waals surface area contributed by atoms with E-state index in [-0.39, 0.29) is 11.3 Å². The number of amidine groups is 1. The Bertz CT molecular complexity index is 993. The minimum atomic E-state index is -0.00111. The first-order valence-corrected chi connectivity index (χ1v) is 9.46. The van der Waals surface area contributed by atoms with Crippen LogP contribution in [-0.2, 0) is 12.0 Å². The fourth-order valence-electron chi connectivity index (χ4n) is 2.45. The SMILES string of the molecule is CCCn1cc(C(C)(C)C)s/c1=N\C(=NC#N)c1cc(C#N)ccc1OC. The molecule has 0 radical (unpaired) electrons. The topological polar surface area (TPSA) is 86.5 Å². The molecular weight excluding hydrogens is 358 g/mol. The third kappa shape index (κ3) is 4.84. The Morgan fingerprint density at radius 2 is 2.04 bits per heavy atom. The fourth-order valence-corrected chi connectivity index (χ4v) is 3.53. The van der Waals surface area contributed by atoms with Crippen molar-refractivity contribution in [2.75, 3.05) is 7.11 Å². The van der Waals surface area contributed by atoms with Crippen LogP contribution < -0.4 is 9.54 Å². The standard InChI is InChI=1S/C20H23N5OS/c1-6-9-25-12-17(20(2,3)4)27-19(25)24-18(23-13-22)15-10-14(11-21)7-8-16(15)26-5/h7-8,10,12H,6,9H2,1-5H3/b23-18?,24-19-. The monoisotopic (exact) mass is 381 g/mol. The number of ether oxygens (including phenoxy) is 1.